The summed E-state index contributed by atoms with van der Waals surface area (Å²) in [6.07, 6.45) is 6.78. The largest absolute Gasteiger partial charge is 0.319 e. The highest BCUT2D eigenvalue weighted by atomic mass is 35.5. The summed E-state index contributed by atoms with van der Waals surface area (Å²) in [5.41, 5.74) is 1.19. The smallest absolute Gasteiger partial charge is 0.200 e. The van der Waals surface area contributed by atoms with Crippen LogP contribution < -0.4 is 0 Å². The fourth-order valence-corrected chi connectivity index (χ4v) is 1.61. The zero-order valence-electron chi connectivity index (χ0n) is 6.99. The third-order valence-electron chi connectivity index (χ3n) is 1.70. The number of halogens is 1. The number of fused-ring (bicyclic) bond motifs is 1. The Kier molecular flexibility index (Phi) is 2.23. The molecule has 0 aliphatic carbocycles. The monoisotopic (exact) mass is 224 g/mol. The van der Waals surface area contributed by atoms with Gasteiger partial charge >= 0.3 is 0 Å². The average molecular weight is 225 g/mol. The predicted molar refractivity (Wildman–Crippen MR) is 56.6 cm³/mol. The Morgan fingerprint density at radius 2 is 2.50 bits per heavy atom. The number of imidazole rings is 1. The first-order valence-electron chi connectivity index (χ1n) is 3.76. The van der Waals surface area contributed by atoms with Crippen molar-refractivity contribution < 1.29 is 0 Å². The van der Waals surface area contributed by atoms with Gasteiger partial charge in [0.1, 0.15) is 10.7 Å². The van der Waals surface area contributed by atoms with Gasteiger partial charge in [0.25, 0.3) is 0 Å². The molecule has 0 radical (unpaired) electrons. The van der Waals surface area contributed by atoms with E-state index in [0.29, 0.717) is 27.6 Å². The zero-order valence-corrected chi connectivity index (χ0v) is 8.56. The van der Waals surface area contributed by atoms with E-state index >= 15 is 0 Å². The lowest BCUT2D eigenvalue weighted by molar-refractivity contribution is 0.855. The molecule has 2 aromatic heterocycles. The van der Waals surface area contributed by atoms with Gasteiger partial charge in [-0.15, -0.1) is 6.42 Å². The van der Waals surface area contributed by atoms with Gasteiger partial charge in [0.05, 0.1) is 12.9 Å². The molecule has 0 unspecified atom stereocenters. The van der Waals surface area contributed by atoms with Gasteiger partial charge in [-0.05, 0) is 12.2 Å². The number of hydrogen-bond donors (Lipinski definition) is 1. The van der Waals surface area contributed by atoms with Crippen molar-refractivity contribution in [2.75, 3.05) is 0 Å². The molecule has 0 atom stereocenters. The normalized spacial score (nSPS) is 10.3. The summed E-state index contributed by atoms with van der Waals surface area (Å²) in [4.78, 5) is 10.9. The summed E-state index contributed by atoms with van der Waals surface area (Å²) in [7, 11) is 0. The fraction of sp³-hybridized carbons (Fsp3) is 0.125. The molecular formula is C8H5ClN4S. The van der Waals surface area contributed by atoms with Crippen LogP contribution in [0.25, 0.3) is 11.2 Å². The molecule has 14 heavy (non-hydrogen) atoms. The Labute approximate surface area is 89.9 Å². The highest BCUT2D eigenvalue weighted by Crippen LogP contribution is 2.17. The summed E-state index contributed by atoms with van der Waals surface area (Å²) >= 11 is 10.8. The Bertz CT molecular complexity index is 577. The minimum absolute atomic E-state index is 0.321. The fourth-order valence-electron chi connectivity index (χ4n) is 1.14. The molecule has 0 spiro atoms. The van der Waals surface area contributed by atoms with Gasteiger partial charge in [0.15, 0.2) is 10.4 Å². The SMILES string of the molecule is C#CCn1cnc2c(Cl)[nH]c(=S)nc21. The van der Waals surface area contributed by atoms with E-state index in [9.17, 15) is 0 Å². The van der Waals surface area contributed by atoms with E-state index < -0.39 is 0 Å². The van der Waals surface area contributed by atoms with Crippen LogP contribution in [0.5, 0.6) is 0 Å². The zero-order chi connectivity index (χ0) is 10.1. The van der Waals surface area contributed by atoms with Crippen molar-refractivity contribution in [1.29, 1.82) is 0 Å². The predicted octanol–water partition coefficient (Wildman–Crippen LogP) is 1.78. The van der Waals surface area contributed by atoms with E-state index in [0.717, 1.165) is 0 Å². The van der Waals surface area contributed by atoms with E-state index in [1.165, 1.54) is 0 Å². The molecule has 0 aromatic carbocycles. The molecule has 0 fully saturated rings. The standard InChI is InChI=1S/C8H5ClN4S/c1-2-3-13-4-10-5-6(9)11-8(14)12-7(5)13/h1,4H,3H2,(H,11,12,14). The lowest BCUT2D eigenvalue weighted by atomic mass is 10.5. The van der Waals surface area contributed by atoms with Crippen LogP contribution in [-0.2, 0) is 6.54 Å². The molecule has 0 aliphatic rings. The van der Waals surface area contributed by atoms with Crippen LogP contribution in [0.2, 0.25) is 5.15 Å². The molecule has 2 heterocycles. The van der Waals surface area contributed by atoms with Gasteiger partial charge in [-0.3, -0.25) is 0 Å². The van der Waals surface area contributed by atoms with Gasteiger partial charge in [-0.1, -0.05) is 17.5 Å². The summed E-state index contributed by atoms with van der Waals surface area (Å²) in [5, 5.41) is 0.385. The van der Waals surface area contributed by atoms with E-state index in [1.54, 1.807) is 10.9 Å². The van der Waals surface area contributed by atoms with Crippen LogP contribution in [0.15, 0.2) is 6.33 Å². The third kappa shape index (κ3) is 1.39. The lowest BCUT2D eigenvalue weighted by Gasteiger charge is -1.97. The Morgan fingerprint density at radius 3 is 3.21 bits per heavy atom. The second-order valence-electron chi connectivity index (χ2n) is 2.60. The van der Waals surface area contributed by atoms with E-state index in [4.69, 9.17) is 30.2 Å². The minimum Gasteiger partial charge on any atom is -0.319 e. The van der Waals surface area contributed by atoms with Crippen LogP contribution in [0.4, 0.5) is 0 Å². The highest BCUT2D eigenvalue weighted by molar-refractivity contribution is 7.71. The summed E-state index contributed by atoms with van der Waals surface area (Å²) in [5.74, 6) is 2.50. The van der Waals surface area contributed by atoms with Crippen LogP contribution in [-0.4, -0.2) is 19.5 Å². The number of nitrogens with zero attached hydrogens (tertiary/aromatic N) is 3. The first kappa shape index (κ1) is 9.19. The number of rotatable bonds is 1. The van der Waals surface area contributed by atoms with Crippen molar-refractivity contribution in [2.24, 2.45) is 0 Å². The molecule has 0 bridgehead atoms. The second kappa shape index (κ2) is 3.40. The summed E-state index contributed by atoms with van der Waals surface area (Å²) in [6, 6.07) is 0. The Hall–Kier alpha value is -1.38. The van der Waals surface area contributed by atoms with Gasteiger partial charge in [-0.2, -0.15) is 4.98 Å². The molecule has 0 saturated heterocycles. The van der Waals surface area contributed by atoms with Crippen molar-refractivity contribution in [1.82, 2.24) is 19.5 Å². The molecular weight excluding hydrogens is 220 g/mol. The Morgan fingerprint density at radius 1 is 1.71 bits per heavy atom. The summed E-state index contributed by atoms with van der Waals surface area (Å²) in [6.45, 7) is 0.401. The molecule has 2 rings (SSSR count). The summed E-state index contributed by atoms with van der Waals surface area (Å²) < 4.78 is 2.03. The van der Waals surface area contributed by atoms with Gasteiger partial charge in [-0.25, -0.2) is 4.98 Å². The van der Waals surface area contributed by atoms with Crippen LogP contribution in [0, 0.1) is 17.1 Å². The van der Waals surface area contributed by atoms with Gasteiger partial charge in [0.2, 0.25) is 0 Å². The topological polar surface area (TPSA) is 46.5 Å². The average Bonchev–Trinajstić information content (AvgIpc) is 2.49. The van der Waals surface area contributed by atoms with Crippen LogP contribution in [0.3, 0.4) is 0 Å². The van der Waals surface area contributed by atoms with E-state index in [-0.39, 0.29) is 0 Å². The lowest BCUT2D eigenvalue weighted by Crippen LogP contribution is -1.95. The molecule has 0 amide bonds. The molecule has 2 aromatic rings. The van der Waals surface area contributed by atoms with Crippen molar-refractivity contribution in [3.8, 4) is 12.3 Å². The third-order valence-corrected chi connectivity index (χ3v) is 2.17. The van der Waals surface area contributed by atoms with Crippen molar-refractivity contribution in [2.45, 2.75) is 6.54 Å². The van der Waals surface area contributed by atoms with Crippen molar-refractivity contribution in [3.05, 3.63) is 16.3 Å². The number of aromatic amines is 1. The number of H-pyrrole nitrogens is 1. The highest BCUT2D eigenvalue weighted by Gasteiger charge is 2.07. The van der Waals surface area contributed by atoms with Gasteiger partial charge < -0.3 is 9.55 Å². The van der Waals surface area contributed by atoms with Crippen LogP contribution in [0.1, 0.15) is 0 Å². The van der Waals surface area contributed by atoms with E-state index in [1.807, 2.05) is 0 Å². The number of hydrogen-bond acceptors (Lipinski definition) is 3. The van der Waals surface area contributed by atoms with Crippen molar-refractivity contribution in [3.63, 3.8) is 0 Å². The number of nitrogens with one attached hydrogen (secondary N) is 1. The molecule has 0 saturated carbocycles. The number of aromatic nitrogens is 4. The van der Waals surface area contributed by atoms with E-state index in [2.05, 4.69) is 20.9 Å². The maximum atomic E-state index is 5.89. The maximum Gasteiger partial charge on any atom is 0.200 e. The molecule has 1 N–H and O–H groups in total. The van der Waals surface area contributed by atoms with Gasteiger partial charge in [0, 0.05) is 0 Å². The molecule has 6 heteroatoms. The first-order chi connectivity index (χ1) is 6.72. The first-order valence-corrected chi connectivity index (χ1v) is 4.55. The second-order valence-corrected chi connectivity index (χ2v) is 3.37. The quantitative estimate of drug-likeness (QED) is 0.456. The number of terminal acetylenes is 1. The molecule has 4 nitrogen and oxygen atoms in total. The van der Waals surface area contributed by atoms with Crippen LogP contribution >= 0.6 is 23.8 Å². The molecule has 70 valence electrons. The minimum atomic E-state index is 0.321. The maximum absolute atomic E-state index is 5.89. The molecule has 0 aliphatic heterocycles. The van der Waals surface area contributed by atoms with Crippen molar-refractivity contribution >= 4 is 35.0 Å². The Balaban J connectivity index is 2.80.